The van der Waals surface area contributed by atoms with E-state index in [1.807, 2.05) is 0 Å². The molecule has 2 rings (SSSR count). The van der Waals surface area contributed by atoms with Gasteiger partial charge in [-0.05, 0) is 22.0 Å². The zero-order valence-corrected chi connectivity index (χ0v) is 8.08. The minimum atomic E-state index is -0.464. The summed E-state index contributed by atoms with van der Waals surface area (Å²) in [4.78, 5) is 0. The molecule has 0 aliphatic carbocycles. The Hall–Kier alpha value is -0.610. The normalized spacial score (nSPS) is 10.9. The fourth-order valence-corrected chi connectivity index (χ4v) is 1.81. The van der Waals surface area contributed by atoms with Gasteiger partial charge in [0.15, 0.2) is 5.82 Å². The Morgan fingerprint density at radius 3 is 3.08 bits per heavy atom. The zero-order chi connectivity index (χ0) is 8.72. The summed E-state index contributed by atoms with van der Waals surface area (Å²) in [5.41, 5.74) is 0.525. The van der Waals surface area contributed by atoms with Crippen molar-refractivity contribution in [1.82, 2.24) is 10.2 Å². The first-order valence-electron chi connectivity index (χ1n) is 3.16. The van der Waals surface area contributed by atoms with Crippen LogP contribution in [0.3, 0.4) is 0 Å². The first-order valence-corrected chi connectivity index (χ1v) is 4.34. The summed E-state index contributed by atoms with van der Waals surface area (Å²) in [5.74, 6) is -0.464. The highest BCUT2D eigenvalue weighted by Gasteiger charge is 2.10. The van der Waals surface area contributed by atoms with E-state index in [2.05, 4.69) is 26.1 Å². The Morgan fingerprint density at radius 2 is 2.33 bits per heavy atom. The highest BCUT2D eigenvalue weighted by molar-refractivity contribution is 9.10. The summed E-state index contributed by atoms with van der Waals surface area (Å²) in [7, 11) is 0. The van der Waals surface area contributed by atoms with Crippen molar-refractivity contribution in [3.63, 3.8) is 0 Å². The van der Waals surface area contributed by atoms with Gasteiger partial charge in [-0.1, -0.05) is 11.6 Å². The van der Waals surface area contributed by atoms with Gasteiger partial charge in [0.25, 0.3) is 0 Å². The van der Waals surface area contributed by atoms with Crippen LogP contribution in [-0.4, -0.2) is 10.2 Å². The van der Waals surface area contributed by atoms with Crippen LogP contribution in [-0.2, 0) is 0 Å². The molecule has 0 spiro atoms. The molecule has 1 aromatic heterocycles. The first kappa shape index (κ1) is 8.01. The van der Waals surface area contributed by atoms with Crippen molar-refractivity contribution in [3.05, 3.63) is 27.6 Å². The number of aromatic nitrogens is 2. The minimum absolute atomic E-state index is 0.0666. The lowest BCUT2D eigenvalue weighted by molar-refractivity contribution is 0.623. The van der Waals surface area contributed by atoms with Crippen molar-refractivity contribution in [2.75, 3.05) is 0 Å². The number of H-pyrrole nitrogens is 1. The third kappa shape index (κ3) is 1.03. The number of nitrogens with one attached hydrogen (secondary N) is 1. The Balaban J connectivity index is 2.94. The molecule has 0 aliphatic heterocycles. The SMILES string of the molecule is Fc1c(Br)cc2cn[nH]c2c1Cl. The smallest absolute Gasteiger partial charge is 0.158 e. The van der Waals surface area contributed by atoms with Crippen molar-refractivity contribution in [2.45, 2.75) is 0 Å². The van der Waals surface area contributed by atoms with E-state index in [0.29, 0.717) is 9.99 Å². The maximum absolute atomic E-state index is 13.1. The van der Waals surface area contributed by atoms with Crippen molar-refractivity contribution in [3.8, 4) is 0 Å². The van der Waals surface area contributed by atoms with Crippen LogP contribution in [0.2, 0.25) is 5.02 Å². The van der Waals surface area contributed by atoms with Gasteiger partial charge in [-0.2, -0.15) is 5.10 Å². The van der Waals surface area contributed by atoms with E-state index in [1.54, 1.807) is 12.3 Å². The van der Waals surface area contributed by atoms with Crippen LogP contribution in [0, 0.1) is 5.82 Å². The highest BCUT2D eigenvalue weighted by Crippen LogP contribution is 2.30. The summed E-state index contributed by atoms with van der Waals surface area (Å²) in [6.45, 7) is 0. The Bertz CT molecular complexity index is 440. The number of aromatic amines is 1. The number of halogens is 3. The van der Waals surface area contributed by atoms with Gasteiger partial charge in [-0.3, -0.25) is 5.10 Å². The molecule has 0 atom stereocenters. The average molecular weight is 249 g/mol. The van der Waals surface area contributed by atoms with Crippen molar-refractivity contribution >= 4 is 38.4 Å². The first-order chi connectivity index (χ1) is 5.70. The summed E-state index contributed by atoms with van der Waals surface area (Å²) in [5, 5.41) is 7.21. The number of hydrogen-bond donors (Lipinski definition) is 1. The quantitative estimate of drug-likeness (QED) is 0.714. The molecule has 0 saturated carbocycles. The standard InChI is InChI=1S/C7H3BrClFN2/c8-4-1-3-2-11-12-7(3)5(9)6(4)10/h1-2H,(H,11,12). The van der Waals surface area contributed by atoms with Crippen LogP contribution in [0.5, 0.6) is 0 Å². The molecule has 1 N–H and O–H groups in total. The van der Waals surface area contributed by atoms with Crippen LogP contribution >= 0.6 is 27.5 Å². The molecule has 1 heterocycles. The van der Waals surface area contributed by atoms with Crippen LogP contribution in [0.4, 0.5) is 4.39 Å². The van der Waals surface area contributed by atoms with Crippen LogP contribution < -0.4 is 0 Å². The number of rotatable bonds is 0. The number of fused-ring (bicyclic) bond motifs is 1. The van der Waals surface area contributed by atoms with Crippen LogP contribution in [0.25, 0.3) is 10.9 Å². The van der Waals surface area contributed by atoms with Gasteiger partial charge < -0.3 is 0 Å². The summed E-state index contributed by atoms with van der Waals surface area (Å²) < 4.78 is 13.5. The summed E-state index contributed by atoms with van der Waals surface area (Å²) in [6.07, 6.45) is 1.59. The molecule has 1 aromatic carbocycles. The van der Waals surface area contributed by atoms with Gasteiger partial charge in [0.1, 0.15) is 5.02 Å². The lowest BCUT2D eigenvalue weighted by atomic mass is 10.2. The monoisotopic (exact) mass is 248 g/mol. The molecular weight excluding hydrogens is 246 g/mol. The predicted octanol–water partition coefficient (Wildman–Crippen LogP) is 3.12. The van der Waals surface area contributed by atoms with E-state index in [9.17, 15) is 4.39 Å². The second-order valence-corrected chi connectivity index (χ2v) is 3.55. The second-order valence-electron chi connectivity index (χ2n) is 2.32. The molecule has 0 bridgehead atoms. The molecule has 5 heteroatoms. The second kappa shape index (κ2) is 2.71. The van der Waals surface area contributed by atoms with Gasteiger partial charge in [-0.25, -0.2) is 4.39 Å². The maximum atomic E-state index is 13.1. The van der Waals surface area contributed by atoms with E-state index >= 15 is 0 Å². The topological polar surface area (TPSA) is 28.7 Å². The van der Waals surface area contributed by atoms with Gasteiger partial charge in [0.2, 0.25) is 0 Å². The third-order valence-corrected chi connectivity index (χ3v) is 2.50. The molecule has 0 fully saturated rings. The molecular formula is C7H3BrClFN2. The Labute approximate surface area is 80.8 Å². The lowest BCUT2D eigenvalue weighted by Gasteiger charge is -1.97. The van der Waals surface area contributed by atoms with E-state index < -0.39 is 5.82 Å². The maximum Gasteiger partial charge on any atom is 0.158 e. The van der Waals surface area contributed by atoms with E-state index in [0.717, 1.165) is 5.39 Å². The Kier molecular flexibility index (Phi) is 1.81. The number of nitrogens with zero attached hydrogens (tertiary/aromatic N) is 1. The van der Waals surface area contributed by atoms with Gasteiger partial charge >= 0.3 is 0 Å². The predicted molar refractivity (Wildman–Crippen MR) is 48.8 cm³/mol. The number of benzene rings is 1. The van der Waals surface area contributed by atoms with E-state index in [4.69, 9.17) is 11.6 Å². The zero-order valence-electron chi connectivity index (χ0n) is 5.74. The van der Waals surface area contributed by atoms with Crippen molar-refractivity contribution in [2.24, 2.45) is 0 Å². The average Bonchev–Trinajstić information content (AvgIpc) is 2.48. The molecule has 62 valence electrons. The molecule has 2 aromatic rings. The largest absolute Gasteiger partial charge is 0.276 e. The van der Waals surface area contributed by atoms with Gasteiger partial charge in [0.05, 0.1) is 16.2 Å². The molecule has 0 saturated heterocycles. The molecule has 12 heavy (non-hydrogen) atoms. The summed E-state index contributed by atoms with van der Waals surface area (Å²) in [6, 6.07) is 1.63. The Morgan fingerprint density at radius 1 is 1.58 bits per heavy atom. The van der Waals surface area contributed by atoms with Crippen molar-refractivity contribution in [1.29, 1.82) is 0 Å². The van der Waals surface area contributed by atoms with Crippen molar-refractivity contribution < 1.29 is 4.39 Å². The third-order valence-electron chi connectivity index (χ3n) is 1.57. The molecule has 0 unspecified atom stereocenters. The highest BCUT2D eigenvalue weighted by atomic mass is 79.9. The fourth-order valence-electron chi connectivity index (χ4n) is 0.995. The molecule has 0 amide bonds. The number of hydrogen-bond acceptors (Lipinski definition) is 1. The fraction of sp³-hybridized carbons (Fsp3) is 0. The van der Waals surface area contributed by atoms with Crippen LogP contribution in [0.15, 0.2) is 16.7 Å². The minimum Gasteiger partial charge on any atom is -0.276 e. The van der Waals surface area contributed by atoms with Gasteiger partial charge in [-0.15, -0.1) is 0 Å². The van der Waals surface area contributed by atoms with Crippen LogP contribution in [0.1, 0.15) is 0 Å². The van der Waals surface area contributed by atoms with E-state index in [1.165, 1.54) is 0 Å². The van der Waals surface area contributed by atoms with Gasteiger partial charge in [0, 0.05) is 5.39 Å². The molecule has 0 radical (unpaired) electrons. The summed E-state index contributed by atoms with van der Waals surface area (Å²) >= 11 is 8.75. The molecule has 2 nitrogen and oxygen atoms in total. The molecule has 0 aliphatic rings. The van der Waals surface area contributed by atoms with E-state index in [-0.39, 0.29) is 5.02 Å². The lowest BCUT2D eigenvalue weighted by Crippen LogP contribution is -1.81.